The topological polar surface area (TPSA) is 801 Å². The van der Waals surface area contributed by atoms with Crippen molar-refractivity contribution in [2.45, 2.75) is 148 Å². The van der Waals surface area contributed by atoms with Crippen LogP contribution in [0.15, 0.2) is 0 Å². The Morgan fingerprint density at radius 1 is 0.415 bits per heavy atom. The van der Waals surface area contributed by atoms with Gasteiger partial charge in [0, 0.05) is 11.8 Å². The van der Waals surface area contributed by atoms with Gasteiger partial charge in [-0.05, 0) is 6.92 Å². The van der Waals surface area contributed by atoms with Gasteiger partial charge < -0.3 is 132 Å². The first-order valence-corrected chi connectivity index (χ1v) is 32.5. The molecule has 25 atom stereocenters. The summed E-state index contributed by atoms with van der Waals surface area (Å²) in [5, 5.41) is 133. The lowest BCUT2D eigenvalue weighted by molar-refractivity contribution is -0.801. The Hall–Kier alpha value is -2.61. The van der Waals surface area contributed by atoms with Crippen LogP contribution in [0, 0.1) is 11.8 Å². The SMILES string of the molecule is C[C@H]1OC(COO[O-])[C@@H](O[C@@H]2OC(C(=O)[O-])[C@@H](COC[C@H]3OC(COO[O-])[C@@H](O[C@@H]4OC(C(=O)[O-])[C@@H](COC[C@H]5OC(COO[O-])[C@@H](O)[C@@H](O)C5NS(=O)(=O)[O-])[C@@H](O)C4O)[C@@H](OS(=O)(=O)[O-])C3NS(=O)(=O)[O-])[C@@H](O)C2OS(=O)(=O)[O-])[C@@H](O)C1NS(=O)(=O)[O-].O=S.O=S.O=S. The summed E-state index contributed by atoms with van der Waals surface area (Å²) < 4.78 is 264. The quantitative estimate of drug-likeness (QED) is 0.0127. The number of carbonyl (C=O) groups is 2. The van der Waals surface area contributed by atoms with Crippen LogP contribution in [0.2, 0.25) is 0 Å². The van der Waals surface area contributed by atoms with E-state index in [0.717, 1.165) is 6.92 Å². The predicted octanol–water partition coefficient (Wildman–Crippen LogP) is -19.9. The van der Waals surface area contributed by atoms with Crippen molar-refractivity contribution in [3.8, 4) is 0 Å². The second-order valence-corrected chi connectivity index (χ2v) is 24.6. The van der Waals surface area contributed by atoms with Crippen molar-refractivity contribution in [1.29, 1.82) is 0 Å². The highest BCUT2D eigenvalue weighted by atomic mass is 32.3. The normalized spacial score (nSPS) is 36.6. The van der Waals surface area contributed by atoms with E-state index in [2.05, 4.69) is 75.7 Å². The van der Waals surface area contributed by atoms with E-state index in [4.69, 9.17) is 55.3 Å². The standard InChI is InChI=1S/C35H61N3O45S5.3OS/c1-9-17(36-84(52,53)54)24(43)28(15(72-9)7-70-82-50)77-35-31(80-88(64,65)66)21(40)11(27(76-35)33(47)48)3-68-5-13-19(38-86(58,59)60)30(79-87(61,62)63)29(16(74-13)8-71-83-51)78-34-25(44)20(39)10(26(75-34)32(45)46)2-67-4-12-18(37-85(55,56)57)23(42)22(41)14(73-12)6-69-81-49;3*1-2/h9-31,34-44,49-51H,2-8H2,1H3,(H,45,46)(H,47,48)(H,52,53,54)(H,55,56,57)(H,58,59,60)(H,61,62,63)(H,64,65,66);;;/p-10/t9-,10+,11+,12-,13-,14?,15?,16?,17?,18?,19?,20-,21-,22-,23+,24+,25?,26?,27?,28-,29-,30+,31?,34+,35+;;;/m1.../s1. The van der Waals surface area contributed by atoms with Crippen molar-refractivity contribution < 1.29 is 224 Å². The van der Waals surface area contributed by atoms with Gasteiger partial charge in [0.15, 0.2) is 87.2 Å². The lowest BCUT2D eigenvalue weighted by Crippen LogP contribution is -2.69. The highest BCUT2D eigenvalue weighted by Gasteiger charge is 2.56. The van der Waals surface area contributed by atoms with Gasteiger partial charge in [-0.25, -0.2) is 70.9 Å². The molecule has 0 aromatic carbocycles. The number of rotatable bonds is 33. The van der Waals surface area contributed by atoms with Gasteiger partial charge in [-0.2, -0.15) is 12.6 Å². The molecule has 5 aliphatic heterocycles. The van der Waals surface area contributed by atoms with Crippen molar-refractivity contribution in [2.24, 2.45) is 11.8 Å². The molecule has 10 unspecified atom stereocenters. The summed E-state index contributed by atoms with van der Waals surface area (Å²) in [6.45, 7) is -7.48. The third-order valence-corrected chi connectivity index (χ3v) is 16.0. The van der Waals surface area contributed by atoms with Crippen LogP contribution in [-0.4, -0.2) is 307 Å². The molecule has 5 heterocycles. The molecule has 552 valence electrons. The van der Waals surface area contributed by atoms with Crippen molar-refractivity contribution in [1.82, 2.24) is 14.2 Å². The minimum absolute atomic E-state index is 0.953. The second-order valence-electron chi connectivity index (χ2n) is 19.1. The van der Waals surface area contributed by atoms with Crippen LogP contribution in [0.4, 0.5) is 0 Å². The van der Waals surface area contributed by atoms with E-state index in [1.165, 1.54) is 14.2 Å². The molecule has 0 spiro atoms. The summed E-state index contributed by atoms with van der Waals surface area (Å²) in [5.74, 6) is -9.14. The average molecular weight is 1540 g/mol. The molecule has 59 heteroatoms. The minimum atomic E-state index is -6.29. The van der Waals surface area contributed by atoms with Gasteiger partial charge >= 0.3 is 0 Å². The maximum Gasteiger partial charge on any atom is 0.218 e. The number of carboxylic acids is 2. The van der Waals surface area contributed by atoms with Gasteiger partial charge in [0.2, 0.25) is 20.8 Å². The number of aliphatic carboxylic acids is 2. The predicted molar refractivity (Wildman–Crippen MR) is 258 cm³/mol. The Morgan fingerprint density at radius 2 is 0.798 bits per heavy atom. The summed E-state index contributed by atoms with van der Waals surface area (Å²) in [7, 11) is -29.4. The van der Waals surface area contributed by atoms with E-state index in [0.29, 0.717) is 0 Å². The molecule has 0 amide bonds. The summed E-state index contributed by atoms with van der Waals surface area (Å²) >= 11 is 8.50. The fourth-order valence-corrected chi connectivity index (χ4v) is 12.7. The lowest BCUT2D eigenvalue weighted by Gasteiger charge is -2.50. The highest BCUT2D eigenvalue weighted by molar-refractivity contribution is 7.84. The zero-order chi connectivity index (χ0) is 72.2. The molecule has 5 aliphatic rings. The van der Waals surface area contributed by atoms with Crippen molar-refractivity contribution >= 4 is 101 Å². The van der Waals surface area contributed by atoms with E-state index in [9.17, 15) is 131 Å². The Balaban J connectivity index is 0.00000487. The maximum absolute atomic E-state index is 12.6. The Labute approximate surface area is 543 Å². The number of nitrogens with one attached hydrogen (secondary N) is 3. The number of carbonyl (C=O) groups excluding carboxylic acids is 2. The largest absolute Gasteiger partial charge is 0.735 e. The van der Waals surface area contributed by atoms with Crippen LogP contribution in [0.25, 0.3) is 0 Å². The summed E-state index contributed by atoms with van der Waals surface area (Å²) in [5.41, 5.74) is 0. The van der Waals surface area contributed by atoms with E-state index >= 15 is 0 Å². The van der Waals surface area contributed by atoms with Crippen LogP contribution in [0.3, 0.4) is 0 Å². The average Bonchev–Trinajstić information content (AvgIpc) is 0.779. The summed E-state index contributed by atoms with van der Waals surface area (Å²) in [6.07, 6.45) is -48.0. The first-order valence-electron chi connectivity index (χ1n) is 24.6. The first-order chi connectivity index (χ1) is 43.7. The molecule has 0 aromatic heterocycles. The maximum atomic E-state index is 12.6. The van der Waals surface area contributed by atoms with E-state index in [-0.39, 0.29) is 0 Å². The highest BCUT2D eigenvalue weighted by Crippen LogP contribution is 2.37. The van der Waals surface area contributed by atoms with Crippen LogP contribution < -0.4 is 40.2 Å². The van der Waals surface area contributed by atoms with Gasteiger partial charge in [-0.1, -0.05) is 0 Å². The molecule has 9 N–H and O–H groups in total. The first kappa shape index (κ1) is 87.5. The zero-order valence-electron chi connectivity index (χ0n) is 46.0. The lowest BCUT2D eigenvalue weighted by atomic mass is 9.88. The molecular weight excluding hydrogens is 1490 g/mol. The molecule has 5 rings (SSSR count). The second kappa shape index (κ2) is 39.4. The third kappa shape index (κ3) is 26.5. The van der Waals surface area contributed by atoms with Crippen molar-refractivity contribution in [3.63, 3.8) is 0 Å². The fourth-order valence-electron chi connectivity index (χ4n) is 9.78. The van der Waals surface area contributed by atoms with Crippen LogP contribution in [0.1, 0.15) is 6.92 Å². The Bertz CT molecular complexity index is 2910. The Morgan fingerprint density at radius 3 is 1.24 bits per heavy atom. The van der Waals surface area contributed by atoms with E-state index in [1.54, 1.807) is 0 Å². The molecule has 5 saturated heterocycles. The molecule has 5 fully saturated rings. The smallest absolute Gasteiger partial charge is 0.218 e. The third-order valence-electron chi connectivity index (χ3n) is 13.4. The number of aliphatic hydroxyl groups is 6. The van der Waals surface area contributed by atoms with Crippen molar-refractivity contribution in [3.05, 3.63) is 0 Å². The number of aliphatic hydroxyl groups excluding tert-OH is 6. The number of ether oxygens (including phenoxy) is 9. The molecular formula is C35H51N3O48S8-10. The Kier molecular flexibility index (Phi) is 36.7. The van der Waals surface area contributed by atoms with Gasteiger partial charge in [0.25, 0.3) is 0 Å². The summed E-state index contributed by atoms with van der Waals surface area (Å²) in [6, 6.07) is -6.83. The molecule has 51 nitrogen and oxygen atoms in total. The molecule has 94 heavy (non-hydrogen) atoms. The minimum Gasteiger partial charge on any atom is -0.735 e. The van der Waals surface area contributed by atoms with Gasteiger partial charge in [-0.3, -0.25) is 23.5 Å². The van der Waals surface area contributed by atoms with Crippen LogP contribution in [0.5, 0.6) is 0 Å². The molecule has 0 saturated carbocycles. The van der Waals surface area contributed by atoms with Gasteiger partial charge in [0.05, 0.1) is 74.8 Å². The number of hydrogen-bond acceptors (Lipinski definition) is 51. The molecule has 0 aliphatic carbocycles. The number of hydrogen-bond donors (Lipinski definition) is 9. The fraction of sp³-hybridized carbons (Fsp3) is 0.943. The van der Waals surface area contributed by atoms with Gasteiger partial charge in [-0.15, -0.1) is 0 Å². The zero-order valence-corrected chi connectivity index (χ0v) is 52.5. The molecule has 0 bridgehead atoms. The van der Waals surface area contributed by atoms with Crippen molar-refractivity contribution in [2.75, 3.05) is 46.2 Å². The van der Waals surface area contributed by atoms with Gasteiger partial charge in [0.1, 0.15) is 105 Å². The molecule has 0 aromatic rings. The monoisotopic (exact) mass is 1540 g/mol. The summed E-state index contributed by atoms with van der Waals surface area (Å²) in [4.78, 5) is 37.7. The number of carboxylic acid groups (broad SMARTS) is 2. The van der Waals surface area contributed by atoms with E-state index in [1.807, 2.05) is 0 Å². The molecule has 0 radical (unpaired) electrons. The van der Waals surface area contributed by atoms with Crippen LogP contribution >= 0.6 is 0 Å². The van der Waals surface area contributed by atoms with E-state index < -0.39 is 262 Å². The van der Waals surface area contributed by atoms with Crippen LogP contribution in [-0.2, 0) is 180 Å².